The first kappa shape index (κ1) is 37.9. The summed E-state index contributed by atoms with van der Waals surface area (Å²) < 4.78 is 0. The Morgan fingerprint density at radius 2 is 0.804 bits per heavy atom. The monoisotopic (exact) mass is 734 g/mol. The Kier molecular flexibility index (Phi) is 8.81. The normalized spacial score (nSPS) is 14.1. The molecule has 0 N–H and O–H groups in total. The molecule has 0 fully saturated rings. The molecule has 0 aliphatic carbocycles. The molecule has 0 saturated carbocycles. The van der Waals surface area contributed by atoms with Crippen molar-refractivity contribution in [3.63, 3.8) is 0 Å². The number of benzene rings is 6. The van der Waals surface area contributed by atoms with E-state index < -0.39 is 0 Å². The topological polar surface area (TPSA) is 6.48 Å². The fourth-order valence-electron chi connectivity index (χ4n) is 8.66. The molecule has 0 atom stereocenters. The van der Waals surface area contributed by atoms with E-state index in [1.807, 2.05) is 0 Å². The van der Waals surface area contributed by atoms with E-state index in [1.54, 1.807) is 0 Å². The quantitative estimate of drug-likeness (QED) is 0.167. The molecule has 0 saturated heterocycles. The molecule has 0 spiro atoms. The van der Waals surface area contributed by atoms with Crippen molar-refractivity contribution in [1.82, 2.24) is 0 Å². The van der Waals surface area contributed by atoms with Crippen LogP contribution in [0.1, 0.15) is 111 Å². The van der Waals surface area contributed by atoms with Crippen LogP contribution in [0.4, 0.5) is 34.1 Å². The van der Waals surface area contributed by atoms with Gasteiger partial charge in [-0.2, -0.15) is 0 Å². The van der Waals surface area contributed by atoms with Crippen molar-refractivity contribution in [1.29, 1.82) is 0 Å². The van der Waals surface area contributed by atoms with E-state index in [0.29, 0.717) is 0 Å². The van der Waals surface area contributed by atoms with Crippen molar-refractivity contribution in [3.8, 4) is 11.1 Å². The van der Waals surface area contributed by atoms with Crippen LogP contribution in [-0.4, -0.2) is 6.71 Å². The minimum Gasteiger partial charge on any atom is -0.311 e. The van der Waals surface area contributed by atoms with Gasteiger partial charge in [0.05, 0.1) is 0 Å². The first-order valence-electron chi connectivity index (χ1n) is 20.6. The maximum Gasteiger partial charge on any atom is 0.252 e. The predicted octanol–water partition coefficient (Wildman–Crippen LogP) is 12.9. The van der Waals surface area contributed by atoms with Crippen molar-refractivity contribution in [2.75, 3.05) is 9.80 Å². The molecule has 2 heterocycles. The lowest BCUT2D eigenvalue weighted by Gasteiger charge is -2.45. The second kappa shape index (κ2) is 13.0. The van der Waals surface area contributed by atoms with Gasteiger partial charge in [0.1, 0.15) is 0 Å². The minimum atomic E-state index is -0.0202. The van der Waals surface area contributed by atoms with Gasteiger partial charge in [-0.1, -0.05) is 156 Å². The lowest BCUT2D eigenvalue weighted by atomic mass is 9.33. The van der Waals surface area contributed by atoms with Gasteiger partial charge in [-0.05, 0) is 132 Å². The van der Waals surface area contributed by atoms with Gasteiger partial charge >= 0.3 is 0 Å². The average molecular weight is 735 g/mol. The van der Waals surface area contributed by atoms with Crippen LogP contribution in [0.5, 0.6) is 0 Å². The zero-order valence-corrected chi connectivity index (χ0v) is 36.0. The number of nitrogens with zero attached hydrogens (tertiary/aromatic N) is 2. The number of anilines is 6. The fraction of sp³-hybridized carbons (Fsp3) is 0.321. The molecule has 6 aromatic rings. The maximum atomic E-state index is 2.60. The Balaban J connectivity index is 1.48. The van der Waals surface area contributed by atoms with Crippen LogP contribution in [0.25, 0.3) is 11.1 Å². The second-order valence-corrected chi connectivity index (χ2v) is 20.6. The van der Waals surface area contributed by atoms with E-state index in [4.69, 9.17) is 0 Å². The molecule has 0 amide bonds. The van der Waals surface area contributed by atoms with Crippen LogP contribution in [0.2, 0.25) is 0 Å². The van der Waals surface area contributed by atoms with E-state index in [-0.39, 0.29) is 28.4 Å². The van der Waals surface area contributed by atoms with Gasteiger partial charge in [-0.3, -0.25) is 0 Å². The van der Waals surface area contributed by atoms with Crippen LogP contribution < -0.4 is 26.2 Å². The van der Waals surface area contributed by atoms with Crippen molar-refractivity contribution in [2.24, 2.45) is 0 Å². The Hall–Kier alpha value is -5.02. The molecule has 8 rings (SSSR count). The van der Waals surface area contributed by atoms with Crippen molar-refractivity contribution < 1.29 is 0 Å². The zero-order chi connectivity index (χ0) is 40.1. The molecule has 56 heavy (non-hydrogen) atoms. The maximum absolute atomic E-state index is 2.60. The molecular weight excluding hydrogens is 675 g/mol. The highest BCUT2D eigenvalue weighted by Crippen LogP contribution is 2.47. The molecule has 0 aromatic heterocycles. The zero-order valence-electron chi connectivity index (χ0n) is 36.0. The highest BCUT2D eigenvalue weighted by atomic mass is 15.2. The van der Waals surface area contributed by atoms with E-state index >= 15 is 0 Å². The molecule has 3 heteroatoms. The Morgan fingerprint density at radius 3 is 1.29 bits per heavy atom. The predicted molar refractivity (Wildman–Crippen MR) is 245 cm³/mol. The summed E-state index contributed by atoms with van der Waals surface area (Å²) in [6.45, 7) is 30.4. The number of para-hydroxylation sites is 1. The third-order valence-electron chi connectivity index (χ3n) is 12.0. The molecule has 0 bridgehead atoms. The molecule has 2 aliphatic rings. The summed E-state index contributed by atoms with van der Waals surface area (Å²) in [5.74, 6) is 0. The SMILES string of the molecule is Cc1cc2c3c(c1)N(c1cc(C(C)(C)C)cc(C(C)(C)C)c1)c1cc(-c4ccccc4)ccc1B3c1ccccc1N2c1cc(C(C)(C)C)cc(C(C)(C)C)c1. The summed E-state index contributed by atoms with van der Waals surface area (Å²) >= 11 is 0. The van der Waals surface area contributed by atoms with Gasteiger partial charge in [0.2, 0.25) is 0 Å². The van der Waals surface area contributed by atoms with E-state index in [1.165, 1.54) is 89.5 Å². The van der Waals surface area contributed by atoms with Crippen LogP contribution >= 0.6 is 0 Å². The number of rotatable bonds is 3. The summed E-state index contributed by atoms with van der Waals surface area (Å²) in [7, 11) is 0. The third-order valence-corrected chi connectivity index (χ3v) is 12.0. The standard InChI is InChI=1S/C53H59BN2/c1-34-25-47-49-48(26-34)56(42-32-39(52(8,9)10)29-40(33-42)53(11,12)13)46-27-36(35-19-15-14-16-20-35)23-24-44(46)54(49)43-21-17-18-22-45(43)55(47)41-30-37(50(2,3)4)28-38(31-41)51(5,6)7/h14-33H,1-13H3. The number of fused-ring (bicyclic) bond motifs is 4. The van der Waals surface area contributed by atoms with Crippen LogP contribution in [0, 0.1) is 6.92 Å². The largest absolute Gasteiger partial charge is 0.311 e. The lowest BCUT2D eigenvalue weighted by Crippen LogP contribution is -2.61. The Labute approximate surface area is 337 Å². The van der Waals surface area contributed by atoms with E-state index in [2.05, 4.69) is 221 Å². The highest BCUT2D eigenvalue weighted by molar-refractivity contribution is 7.00. The molecule has 284 valence electrons. The van der Waals surface area contributed by atoms with Crippen molar-refractivity contribution in [3.05, 3.63) is 149 Å². The van der Waals surface area contributed by atoms with Crippen LogP contribution in [0.3, 0.4) is 0 Å². The lowest BCUT2D eigenvalue weighted by molar-refractivity contribution is 0.568. The summed E-state index contributed by atoms with van der Waals surface area (Å²) in [4.78, 5) is 5.18. The Bertz CT molecular complexity index is 2420. The van der Waals surface area contributed by atoms with E-state index in [9.17, 15) is 0 Å². The summed E-state index contributed by atoms with van der Waals surface area (Å²) in [5, 5.41) is 0. The second-order valence-electron chi connectivity index (χ2n) is 20.6. The number of hydrogen-bond donors (Lipinski definition) is 0. The molecule has 2 nitrogen and oxygen atoms in total. The van der Waals surface area contributed by atoms with Crippen molar-refractivity contribution in [2.45, 2.75) is 112 Å². The number of aryl methyl sites for hydroxylation is 1. The van der Waals surface area contributed by atoms with Gasteiger partial charge in [-0.15, -0.1) is 0 Å². The molecular formula is C53H59BN2. The number of hydrogen-bond acceptors (Lipinski definition) is 2. The fourth-order valence-corrected chi connectivity index (χ4v) is 8.66. The van der Waals surface area contributed by atoms with E-state index in [0.717, 1.165) is 0 Å². The summed E-state index contributed by atoms with van der Waals surface area (Å²) in [6, 6.07) is 46.8. The molecule has 2 aliphatic heterocycles. The highest BCUT2D eigenvalue weighted by Gasteiger charge is 2.44. The van der Waals surface area contributed by atoms with Crippen LogP contribution in [0.15, 0.2) is 121 Å². The summed E-state index contributed by atoms with van der Waals surface area (Å²) in [6.07, 6.45) is 0. The first-order chi connectivity index (χ1) is 26.2. The molecule has 0 radical (unpaired) electrons. The third kappa shape index (κ3) is 6.57. The molecule has 0 unspecified atom stereocenters. The average Bonchev–Trinajstić information content (AvgIpc) is 3.13. The van der Waals surface area contributed by atoms with Crippen LogP contribution in [-0.2, 0) is 21.7 Å². The summed E-state index contributed by atoms with van der Waals surface area (Å²) in [5.41, 5.74) is 20.6. The first-order valence-corrected chi connectivity index (χ1v) is 20.6. The van der Waals surface area contributed by atoms with Crippen molar-refractivity contribution >= 4 is 57.2 Å². The van der Waals surface area contributed by atoms with Gasteiger partial charge < -0.3 is 9.80 Å². The van der Waals surface area contributed by atoms with Gasteiger partial charge in [-0.25, -0.2) is 0 Å². The van der Waals surface area contributed by atoms with Gasteiger partial charge in [0.15, 0.2) is 0 Å². The Morgan fingerprint density at radius 1 is 0.375 bits per heavy atom. The minimum absolute atomic E-state index is 0.00504. The smallest absolute Gasteiger partial charge is 0.252 e. The van der Waals surface area contributed by atoms with Gasteiger partial charge in [0.25, 0.3) is 6.71 Å². The molecule has 6 aromatic carbocycles. The van der Waals surface area contributed by atoms with Gasteiger partial charge in [0, 0.05) is 34.1 Å².